The minimum atomic E-state index is -0.507. The molecule has 2 amide bonds. The number of fused-ring (bicyclic) bond motifs is 1. The molecule has 2 aliphatic rings. The summed E-state index contributed by atoms with van der Waals surface area (Å²) in [7, 11) is 0. The second kappa shape index (κ2) is 8.14. The third-order valence-electron chi connectivity index (χ3n) is 4.55. The van der Waals surface area contributed by atoms with Crippen LogP contribution in [0.4, 0.5) is 0 Å². The van der Waals surface area contributed by atoms with Gasteiger partial charge < -0.3 is 19.3 Å². The molecule has 3 rings (SSSR count). The van der Waals surface area contributed by atoms with Crippen molar-refractivity contribution in [2.24, 2.45) is 0 Å². The maximum absolute atomic E-state index is 12.3. The zero-order valence-corrected chi connectivity index (χ0v) is 14.7. The van der Waals surface area contributed by atoms with Crippen molar-refractivity contribution in [3.05, 3.63) is 41.6 Å². The number of carbonyl (C=O) groups excluding carboxylic acids is 3. The molecular weight excluding hydrogens is 336 g/mol. The van der Waals surface area contributed by atoms with Gasteiger partial charge in [0.05, 0.1) is 25.7 Å². The number of morpholine rings is 1. The van der Waals surface area contributed by atoms with Crippen LogP contribution in [-0.4, -0.2) is 60.5 Å². The fourth-order valence-electron chi connectivity index (χ4n) is 3.18. The Labute approximate surface area is 152 Å². The number of hydrogen-bond donors (Lipinski definition) is 0. The predicted molar refractivity (Wildman–Crippen MR) is 93.7 cm³/mol. The molecule has 1 fully saturated rings. The van der Waals surface area contributed by atoms with Crippen LogP contribution in [0.2, 0.25) is 0 Å². The molecule has 7 nitrogen and oxygen atoms in total. The minimum Gasteiger partial charge on any atom is -0.455 e. The van der Waals surface area contributed by atoms with E-state index in [0.29, 0.717) is 26.3 Å². The molecule has 0 unspecified atom stereocenters. The minimum absolute atomic E-state index is 0.00265. The predicted octanol–water partition coefficient (Wildman–Crippen LogP) is 1.35. The number of esters is 1. The summed E-state index contributed by atoms with van der Waals surface area (Å²) in [4.78, 5) is 39.4. The first-order valence-electron chi connectivity index (χ1n) is 8.63. The number of benzene rings is 1. The molecule has 0 spiro atoms. The first kappa shape index (κ1) is 18.1. The highest BCUT2D eigenvalue weighted by Gasteiger charge is 2.29. The van der Waals surface area contributed by atoms with Gasteiger partial charge in [0, 0.05) is 26.2 Å². The number of carbonyl (C=O) groups is 3. The van der Waals surface area contributed by atoms with Gasteiger partial charge in [0.1, 0.15) is 0 Å². The van der Waals surface area contributed by atoms with Crippen LogP contribution >= 0.6 is 0 Å². The molecule has 2 aliphatic heterocycles. The van der Waals surface area contributed by atoms with E-state index in [1.807, 2.05) is 30.3 Å². The van der Waals surface area contributed by atoms with Crippen LogP contribution in [0.25, 0.3) is 6.08 Å². The van der Waals surface area contributed by atoms with E-state index in [1.54, 1.807) is 11.1 Å². The van der Waals surface area contributed by atoms with E-state index in [1.165, 1.54) is 11.8 Å². The molecule has 2 heterocycles. The van der Waals surface area contributed by atoms with E-state index >= 15 is 0 Å². The van der Waals surface area contributed by atoms with Gasteiger partial charge in [0.25, 0.3) is 5.91 Å². The number of hydrogen-bond acceptors (Lipinski definition) is 5. The lowest BCUT2D eigenvalue weighted by atomic mass is 9.94. The highest BCUT2D eigenvalue weighted by Crippen LogP contribution is 2.33. The molecular formula is C19H22N2O5. The van der Waals surface area contributed by atoms with E-state index < -0.39 is 12.0 Å². The molecule has 0 bridgehead atoms. The Bertz CT molecular complexity index is 724. The number of rotatable bonds is 4. The summed E-state index contributed by atoms with van der Waals surface area (Å²) < 4.78 is 10.4. The van der Waals surface area contributed by atoms with E-state index in [4.69, 9.17) is 9.47 Å². The molecule has 0 aliphatic carbocycles. The van der Waals surface area contributed by atoms with Gasteiger partial charge in [0.15, 0.2) is 6.61 Å². The Morgan fingerprint density at radius 1 is 1.19 bits per heavy atom. The molecule has 1 aromatic carbocycles. The maximum Gasteiger partial charge on any atom is 0.308 e. The highest BCUT2D eigenvalue weighted by molar-refractivity contribution is 5.82. The van der Waals surface area contributed by atoms with Gasteiger partial charge in [-0.1, -0.05) is 24.3 Å². The van der Waals surface area contributed by atoms with Crippen molar-refractivity contribution in [3.8, 4) is 0 Å². The SMILES string of the molecule is CC(=O)N1C=Cc2ccccc2[C@H]1CC(=O)OCC(=O)N1CCOCC1. The molecule has 1 saturated heterocycles. The van der Waals surface area contributed by atoms with Gasteiger partial charge in [-0.15, -0.1) is 0 Å². The summed E-state index contributed by atoms with van der Waals surface area (Å²) in [6.45, 7) is 3.18. The van der Waals surface area contributed by atoms with Gasteiger partial charge in [0.2, 0.25) is 5.91 Å². The molecule has 7 heteroatoms. The van der Waals surface area contributed by atoms with Crippen LogP contribution in [0, 0.1) is 0 Å². The van der Waals surface area contributed by atoms with Crippen LogP contribution in [0.5, 0.6) is 0 Å². The molecule has 0 saturated carbocycles. The first-order valence-corrected chi connectivity index (χ1v) is 8.63. The van der Waals surface area contributed by atoms with Gasteiger partial charge >= 0.3 is 5.97 Å². The molecule has 0 N–H and O–H groups in total. The molecule has 1 aromatic rings. The van der Waals surface area contributed by atoms with Crippen molar-refractivity contribution in [1.29, 1.82) is 0 Å². The van der Waals surface area contributed by atoms with Crippen molar-refractivity contribution in [1.82, 2.24) is 9.80 Å². The third-order valence-corrected chi connectivity index (χ3v) is 4.55. The van der Waals surface area contributed by atoms with Gasteiger partial charge in [-0.2, -0.15) is 0 Å². The Hall–Kier alpha value is -2.67. The van der Waals surface area contributed by atoms with Gasteiger partial charge in [-0.3, -0.25) is 14.4 Å². The normalized spacial score (nSPS) is 19.0. The van der Waals surface area contributed by atoms with E-state index in [-0.39, 0.29) is 24.8 Å². The number of nitrogens with zero attached hydrogens (tertiary/aromatic N) is 2. The average Bonchev–Trinajstić information content (AvgIpc) is 2.66. The molecule has 0 aromatic heterocycles. The second-order valence-electron chi connectivity index (χ2n) is 6.24. The second-order valence-corrected chi connectivity index (χ2v) is 6.24. The summed E-state index contributed by atoms with van der Waals surface area (Å²) in [5.41, 5.74) is 1.86. The smallest absolute Gasteiger partial charge is 0.308 e. The average molecular weight is 358 g/mol. The largest absolute Gasteiger partial charge is 0.455 e. The van der Waals surface area contributed by atoms with Crippen LogP contribution in [0.15, 0.2) is 30.5 Å². The summed E-state index contributed by atoms with van der Waals surface area (Å²) >= 11 is 0. The van der Waals surface area contributed by atoms with Gasteiger partial charge in [-0.05, 0) is 17.2 Å². The lowest BCUT2D eigenvalue weighted by Crippen LogP contribution is -2.42. The third kappa shape index (κ3) is 4.11. The maximum atomic E-state index is 12.3. The van der Waals surface area contributed by atoms with Crippen molar-refractivity contribution < 1.29 is 23.9 Å². The van der Waals surface area contributed by atoms with Crippen molar-refractivity contribution in [2.75, 3.05) is 32.9 Å². The first-order chi connectivity index (χ1) is 12.6. The topological polar surface area (TPSA) is 76.2 Å². The highest BCUT2D eigenvalue weighted by atomic mass is 16.5. The summed E-state index contributed by atoms with van der Waals surface area (Å²) in [6.07, 6.45) is 3.53. The summed E-state index contributed by atoms with van der Waals surface area (Å²) in [6, 6.07) is 7.18. The van der Waals surface area contributed by atoms with Crippen LogP contribution < -0.4 is 0 Å². The van der Waals surface area contributed by atoms with Crippen LogP contribution in [0.1, 0.15) is 30.5 Å². The zero-order chi connectivity index (χ0) is 18.5. The van der Waals surface area contributed by atoms with Gasteiger partial charge in [-0.25, -0.2) is 0 Å². The van der Waals surface area contributed by atoms with E-state index in [9.17, 15) is 14.4 Å². The fourth-order valence-corrected chi connectivity index (χ4v) is 3.18. The van der Waals surface area contributed by atoms with Crippen LogP contribution in [-0.2, 0) is 23.9 Å². The Kier molecular flexibility index (Phi) is 5.68. The molecule has 138 valence electrons. The fraction of sp³-hybridized carbons (Fsp3) is 0.421. The van der Waals surface area contributed by atoms with E-state index in [2.05, 4.69) is 0 Å². The van der Waals surface area contributed by atoms with Crippen molar-refractivity contribution in [3.63, 3.8) is 0 Å². The zero-order valence-electron chi connectivity index (χ0n) is 14.7. The lowest BCUT2D eigenvalue weighted by molar-refractivity contribution is -0.154. The van der Waals surface area contributed by atoms with E-state index in [0.717, 1.165) is 11.1 Å². The lowest BCUT2D eigenvalue weighted by Gasteiger charge is -2.32. The Morgan fingerprint density at radius 3 is 2.65 bits per heavy atom. The van der Waals surface area contributed by atoms with Crippen LogP contribution in [0.3, 0.4) is 0 Å². The van der Waals surface area contributed by atoms with Crippen molar-refractivity contribution in [2.45, 2.75) is 19.4 Å². The molecule has 26 heavy (non-hydrogen) atoms. The Balaban J connectivity index is 1.62. The monoisotopic (exact) mass is 358 g/mol. The standard InChI is InChI=1S/C19H22N2O5/c1-14(22)21-7-6-15-4-2-3-5-16(15)17(21)12-19(24)26-13-18(23)20-8-10-25-11-9-20/h2-7,17H,8-13H2,1H3/t17-/m1/s1. The molecule has 1 atom stereocenters. The number of amides is 2. The Morgan fingerprint density at radius 2 is 1.92 bits per heavy atom. The number of ether oxygens (including phenoxy) is 2. The quantitative estimate of drug-likeness (QED) is 0.760. The summed E-state index contributed by atoms with van der Waals surface area (Å²) in [5.74, 6) is -0.889. The summed E-state index contributed by atoms with van der Waals surface area (Å²) in [5, 5.41) is 0. The molecule has 0 radical (unpaired) electrons. The van der Waals surface area contributed by atoms with Crippen molar-refractivity contribution >= 4 is 23.9 Å².